The summed E-state index contributed by atoms with van der Waals surface area (Å²) in [5, 5.41) is 5.08. The van der Waals surface area contributed by atoms with Crippen molar-refractivity contribution in [2.24, 2.45) is 5.92 Å². The first kappa shape index (κ1) is 16.8. The fourth-order valence-electron chi connectivity index (χ4n) is 4.88. The van der Waals surface area contributed by atoms with Gasteiger partial charge in [0.1, 0.15) is 5.82 Å². The van der Waals surface area contributed by atoms with Crippen LogP contribution in [-0.4, -0.2) is 17.6 Å². The fraction of sp³-hybridized carbons (Fsp3) is 0.333. The monoisotopic (exact) mass is 360 g/mol. The van der Waals surface area contributed by atoms with Crippen molar-refractivity contribution in [2.45, 2.75) is 38.1 Å². The minimum absolute atomic E-state index is 0.165. The molecule has 27 heavy (non-hydrogen) atoms. The number of halogens is 1. The van der Waals surface area contributed by atoms with Gasteiger partial charge in [0.2, 0.25) is 0 Å². The molecule has 2 aromatic carbocycles. The van der Waals surface area contributed by atoms with Gasteiger partial charge in [-0.25, -0.2) is 4.39 Å². The van der Waals surface area contributed by atoms with Crippen LogP contribution in [-0.2, 0) is 12.8 Å². The minimum Gasteiger partial charge on any atom is -0.358 e. The summed E-state index contributed by atoms with van der Waals surface area (Å²) >= 11 is 0. The summed E-state index contributed by atoms with van der Waals surface area (Å²) in [6.45, 7) is 0.905. The molecule has 0 saturated heterocycles. The third-order valence-corrected chi connectivity index (χ3v) is 6.25. The molecule has 138 valence electrons. The zero-order chi connectivity index (χ0) is 18.2. The second-order valence-corrected chi connectivity index (χ2v) is 8.02. The van der Waals surface area contributed by atoms with Gasteiger partial charge in [0.25, 0.3) is 0 Å². The highest BCUT2D eigenvalue weighted by Crippen LogP contribution is 2.35. The number of nitrogens with one attached hydrogen (secondary N) is 2. The lowest BCUT2D eigenvalue weighted by atomic mass is 9.80. The fourth-order valence-corrected chi connectivity index (χ4v) is 4.88. The summed E-state index contributed by atoms with van der Waals surface area (Å²) in [4.78, 5) is 3.62. The third kappa shape index (κ3) is 3.32. The molecule has 2 aliphatic rings. The lowest BCUT2D eigenvalue weighted by Crippen LogP contribution is -2.35. The Morgan fingerprint density at radius 1 is 1.00 bits per heavy atom. The summed E-state index contributed by atoms with van der Waals surface area (Å²) in [6, 6.07) is 16.1. The first-order valence-electron chi connectivity index (χ1n) is 10.0. The number of aromatic nitrogens is 1. The Morgan fingerprint density at radius 2 is 1.85 bits per heavy atom. The number of para-hydroxylation sites is 1. The van der Waals surface area contributed by atoms with Crippen molar-refractivity contribution in [3.05, 3.63) is 77.2 Å². The Kier molecular flexibility index (Phi) is 4.33. The van der Waals surface area contributed by atoms with Gasteiger partial charge in [0, 0.05) is 29.2 Å². The van der Waals surface area contributed by atoms with Crippen molar-refractivity contribution in [3.63, 3.8) is 0 Å². The highest BCUT2D eigenvalue weighted by molar-refractivity contribution is 5.84. The van der Waals surface area contributed by atoms with E-state index in [2.05, 4.69) is 40.6 Å². The Morgan fingerprint density at radius 3 is 2.74 bits per heavy atom. The van der Waals surface area contributed by atoms with Gasteiger partial charge in [-0.05, 0) is 72.9 Å². The molecule has 2 unspecified atom stereocenters. The van der Waals surface area contributed by atoms with Gasteiger partial charge in [-0.3, -0.25) is 0 Å². The van der Waals surface area contributed by atoms with Crippen LogP contribution in [0.5, 0.6) is 0 Å². The van der Waals surface area contributed by atoms with Crippen LogP contribution in [0, 0.1) is 11.7 Å². The Hall–Kier alpha value is -2.39. The SMILES string of the molecule is Fc1ccc(C2=CCNC(CC3CCc4[nH]c5ccccc5c4C3)C2)cc1. The summed E-state index contributed by atoms with van der Waals surface area (Å²) in [6.07, 6.45) is 8.07. The second-order valence-electron chi connectivity index (χ2n) is 8.02. The maximum atomic E-state index is 13.2. The van der Waals surface area contributed by atoms with Crippen molar-refractivity contribution in [2.75, 3.05) is 6.54 Å². The van der Waals surface area contributed by atoms with Crippen molar-refractivity contribution in [1.29, 1.82) is 0 Å². The van der Waals surface area contributed by atoms with Crippen LogP contribution in [0.2, 0.25) is 0 Å². The normalized spacial score (nSPS) is 22.5. The van der Waals surface area contributed by atoms with Crippen LogP contribution >= 0.6 is 0 Å². The average Bonchev–Trinajstić information content (AvgIpc) is 3.07. The summed E-state index contributed by atoms with van der Waals surface area (Å²) in [7, 11) is 0. The molecule has 0 amide bonds. The van der Waals surface area contributed by atoms with E-state index in [1.54, 1.807) is 12.1 Å². The quantitative estimate of drug-likeness (QED) is 0.656. The first-order chi connectivity index (χ1) is 13.3. The smallest absolute Gasteiger partial charge is 0.123 e. The average molecular weight is 360 g/mol. The van der Waals surface area contributed by atoms with Crippen LogP contribution in [0.15, 0.2) is 54.6 Å². The van der Waals surface area contributed by atoms with Gasteiger partial charge in [-0.2, -0.15) is 0 Å². The van der Waals surface area contributed by atoms with E-state index in [0.29, 0.717) is 6.04 Å². The van der Waals surface area contributed by atoms with Gasteiger partial charge >= 0.3 is 0 Å². The van der Waals surface area contributed by atoms with Crippen molar-refractivity contribution < 1.29 is 4.39 Å². The van der Waals surface area contributed by atoms with E-state index in [4.69, 9.17) is 0 Å². The molecule has 0 bridgehead atoms. The number of H-pyrrole nitrogens is 1. The molecule has 0 radical (unpaired) electrons. The van der Waals surface area contributed by atoms with E-state index in [1.807, 2.05) is 12.1 Å². The molecular formula is C24H25FN2. The Bertz CT molecular complexity index is 983. The van der Waals surface area contributed by atoms with Crippen LogP contribution < -0.4 is 5.32 Å². The van der Waals surface area contributed by atoms with E-state index in [0.717, 1.165) is 30.9 Å². The highest BCUT2D eigenvalue weighted by Gasteiger charge is 2.26. The van der Waals surface area contributed by atoms with Crippen LogP contribution in [0.3, 0.4) is 0 Å². The Labute approximate surface area is 159 Å². The van der Waals surface area contributed by atoms with Crippen LogP contribution in [0.4, 0.5) is 4.39 Å². The Balaban J connectivity index is 1.29. The molecular weight excluding hydrogens is 335 g/mol. The number of aryl methyl sites for hydroxylation is 1. The number of benzene rings is 2. The molecule has 2 atom stereocenters. The van der Waals surface area contributed by atoms with Gasteiger partial charge in [-0.1, -0.05) is 36.4 Å². The van der Waals surface area contributed by atoms with E-state index < -0.39 is 0 Å². The number of rotatable bonds is 3. The predicted molar refractivity (Wildman–Crippen MR) is 109 cm³/mol. The number of hydrogen-bond acceptors (Lipinski definition) is 1. The van der Waals surface area contributed by atoms with E-state index in [9.17, 15) is 4.39 Å². The maximum Gasteiger partial charge on any atom is 0.123 e. The second kappa shape index (κ2) is 6.97. The summed E-state index contributed by atoms with van der Waals surface area (Å²) < 4.78 is 13.2. The van der Waals surface area contributed by atoms with E-state index >= 15 is 0 Å². The predicted octanol–water partition coefficient (Wildman–Crippen LogP) is 5.25. The largest absolute Gasteiger partial charge is 0.358 e. The van der Waals surface area contributed by atoms with Gasteiger partial charge in [-0.15, -0.1) is 0 Å². The molecule has 1 aliphatic heterocycles. The molecule has 3 aromatic rings. The zero-order valence-electron chi connectivity index (χ0n) is 15.5. The molecule has 0 saturated carbocycles. The highest BCUT2D eigenvalue weighted by atomic mass is 19.1. The summed E-state index contributed by atoms with van der Waals surface area (Å²) in [5.41, 5.74) is 6.76. The number of fused-ring (bicyclic) bond motifs is 3. The number of aromatic amines is 1. The molecule has 0 spiro atoms. The van der Waals surface area contributed by atoms with Gasteiger partial charge in [0.05, 0.1) is 0 Å². The first-order valence-corrected chi connectivity index (χ1v) is 10.0. The van der Waals surface area contributed by atoms with E-state index in [-0.39, 0.29) is 5.82 Å². The summed E-state index contributed by atoms with van der Waals surface area (Å²) in [5.74, 6) is 0.559. The molecule has 2 N–H and O–H groups in total. The standard InChI is InChI=1S/C24H25FN2/c25-19-8-6-17(7-9-19)18-11-12-26-20(15-18)13-16-5-10-24-22(14-16)21-3-1-2-4-23(21)27-24/h1-4,6-9,11,16,20,26-27H,5,10,12-15H2. The van der Waals surface area contributed by atoms with Crippen molar-refractivity contribution in [1.82, 2.24) is 10.3 Å². The lowest BCUT2D eigenvalue weighted by Gasteiger charge is -2.30. The molecule has 5 rings (SSSR count). The molecule has 2 heterocycles. The van der Waals surface area contributed by atoms with Crippen molar-refractivity contribution >= 4 is 16.5 Å². The molecule has 1 aliphatic carbocycles. The lowest BCUT2D eigenvalue weighted by molar-refractivity contribution is 0.356. The molecule has 3 heteroatoms. The van der Waals surface area contributed by atoms with Crippen LogP contribution in [0.1, 0.15) is 36.1 Å². The third-order valence-electron chi connectivity index (χ3n) is 6.25. The topological polar surface area (TPSA) is 27.8 Å². The van der Waals surface area contributed by atoms with Crippen LogP contribution in [0.25, 0.3) is 16.5 Å². The molecule has 0 fully saturated rings. The number of hydrogen-bond donors (Lipinski definition) is 2. The van der Waals surface area contributed by atoms with Gasteiger partial charge < -0.3 is 10.3 Å². The minimum atomic E-state index is -0.165. The molecule has 1 aromatic heterocycles. The maximum absolute atomic E-state index is 13.2. The van der Waals surface area contributed by atoms with E-state index in [1.165, 1.54) is 47.0 Å². The van der Waals surface area contributed by atoms with Crippen molar-refractivity contribution in [3.8, 4) is 0 Å². The van der Waals surface area contributed by atoms with Gasteiger partial charge in [0.15, 0.2) is 0 Å². The zero-order valence-corrected chi connectivity index (χ0v) is 15.5. The molecule has 2 nitrogen and oxygen atoms in total.